The summed E-state index contributed by atoms with van der Waals surface area (Å²) in [6.45, 7) is 4.01. The average Bonchev–Trinajstić information content (AvgIpc) is 3.12. The first-order chi connectivity index (χ1) is 9.78. The predicted octanol–water partition coefficient (Wildman–Crippen LogP) is 4.58. The van der Waals surface area contributed by atoms with Gasteiger partial charge in [0.1, 0.15) is 5.58 Å². The van der Waals surface area contributed by atoms with Gasteiger partial charge in [-0.05, 0) is 24.6 Å². The zero-order valence-electron chi connectivity index (χ0n) is 11.0. The maximum Gasteiger partial charge on any atom is 0.168 e. The van der Waals surface area contributed by atoms with Crippen molar-refractivity contribution in [2.75, 3.05) is 13.1 Å². The molecule has 1 aromatic heterocycles. The standard InChI is InChI=1S/C15H13ClN2OS/c1-2-13-14(18-5-4-17-15(18)20-13)9-7-11(16)10-3-6-19-12(10)8-9/h3,6-8H,2,4-5H2,1H3. The Morgan fingerprint density at radius 1 is 1.45 bits per heavy atom. The fourth-order valence-electron chi connectivity index (χ4n) is 2.75. The van der Waals surface area contributed by atoms with Crippen LogP contribution in [0.5, 0.6) is 0 Å². The van der Waals surface area contributed by atoms with E-state index in [1.165, 1.54) is 10.6 Å². The number of amidine groups is 1. The van der Waals surface area contributed by atoms with Gasteiger partial charge in [-0.15, -0.1) is 0 Å². The number of hydrogen-bond acceptors (Lipinski definition) is 4. The van der Waals surface area contributed by atoms with Gasteiger partial charge >= 0.3 is 0 Å². The minimum Gasteiger partial charge on any atom is -0.464 e. The van der Waals surface area contributed by atoms with E-state index >= 15 is 0 Å². The Morgan fingerprint density at radius 3 is 3.20 bits per heavy atom. The molecule has 0 saturated carbocycles. The summed E-state index contributed by atoms with van der Waals surface area (Å²) in [7, 11) is 0. The van der Waals surface area contributed by atoms with Crippen LogP contribution in [-0.4, -0.2) is 23.2 Å². The van der Waals surface area contributed by atoms with Crippen LogP contribution in [0.2, 0.25) is 5.02 Å². The number of thioether (sulfide) groups is 1. The SMILES string of the molecule is CCC1=C(c2cc(Cl)c3ccoc3c2)N2CCN=C2S1. The van der Waals surface area contributed by atoms with E-state index in [1.54, 1.807) is 18.0 Å². The van der Waals surface area contributed by atoms with Gasteiger partial charge in [-0.1, -0.05) is 30.3 Å². The van der Waals surface area contributed by atoms with Crippen LogP contribution in [0.15, 0.2) is 38.8 Å². The van der Waals surface area contributed by atoms with E-state index in [9.17, 15) is 0 Å². The van der Waals surface area contributed by atoms with Crippen molar-refractivity contribution in [3.63, 3.8) is 0 Å². The fraction of sp³-hybridized carbons (Fsp3) is 0.267. The van der Waals surface area contributed by atoms with E-state index in [2.05, 4.69) is 22.9 Å². The van der Waals surface area contributed by atoms with E-state index in [1.807, 2.05) is 12.1 Å². The third kappa shape index (κ3) is 1.71. The van der Waals surface area contributed by atoms with Crippen molar-refractivity contribution in [3.05, 3.63) is 40.0 Å². The lowest BCUT2D eigenvalue weighted by atomic mass is 10.1. The van der Waals surface area contributed by atoms with Crippen molar-refractivity contribution >= 4 is 45.2 Å². The van der Waals surface area contributed by atoms with E-state index in [4.69, 9.17) is 16.0 Å². The molecule has 3 nitrogen and oxygen atoms in total. The summed E-state index contributed by atoms with van der Waals surface area (Å²) in [6, 6.07) is 6.02. The fourth-order valence-corrected chi connectivity index (χ4v) is 4.16. The van der Waals surface area contributed by atoms with Gasteiger partial charge in [-0.25, -0.2) is 0 Å². The molecule has 0 unspecified atom stereocenters. The average molecular weight is 305 g/mol. The lowest BCUT2D eigenvalue weighted by molar-refractivity contribution is 0.614. The first-order valence-electron chi connectivity index (χ1n) is 6.68. The van der Waals surface area contributed by atoms with Crippen LogP contribution in [0.3, 0.4) is 0 Å². The van der Waals surface area contributed by atoms with Gasteiger partial charge in [0.25, 0.3) is 0 Å². The largest absolute Gasteiger partial charge is 0.464 e. The van der Waals surface area contributed by atoms with Crippen LogP contribution in [0, 0.1) is 0 Å². The minimum absolute atomic E-state index is 0.740. The van der Waals surface area contributed by atoms with Gasteiger partial charge in [-0.2, -0.15) is 0 Å². The van der Waals surface area contributed by atoms with Crippen molar-refractivity contribution in [2.45, 2.75) is 13.3 Å². The predicted molar refractivity (Wildman–Crippen MR) is 85.0 cm³/mol. The van der Waals surface area contributed by atoms with Crippen molar-refractivity contribution < 1.29 is 4.42 Å². The van der Waals surface area contributed by atoms with Crippen LogP contribution >= 0.6 is 23.4 Å². The van der Waals surface area contributed by atoms with Crippen LogP contribution < -0.4 is 0 Å². The Labute approximate surface area is 126 Å². The summed E-state index contributed by atoms with van der Waals surface area (Å²) in [5.74, 6) is 0. The Morgan fingerprint density at radius 2 is 2.35 bits per heavy atom. The quantitative estimate of drug-likeness (QED) is 0.813. The highest BCUT2D eigenvalue weighted by Crippen LogP contribution is 2.44. The molecular formula is C15H13ClN2OS. The molecule has 102 valence electrons. The molecule has 0 aliphatic carbocycles. The molecule has 0 fully saturated rings. The summed E-state index contributed by atoms with van der Waals surface area (Å²) < 4.78 is 5.52. The van der Waals surface area contributed by atoms with Crippen LogP contribution in [0.4, 0.5) is 0 Å². The highest BCUT2D eigenvalue weighted by atomic mass is 35.5. The van der Waals surface area contributed by atoms with Gasteiger partial charge in [-0.3, -0.25) is 4.99 Å². The zero-order chi connectivity index (χ0) is 13.7. The number of fused-ring (bicyclic) bond motifs is 2. The molecule has 20 heavy (non-hydrogen) atoms. The van der Waals surface area contributed by atoms with Crippen LogP contribution in [-0.2, 0) is 0 Å². The van der Waals surface area contributed by atoms with E-state index in [-0.39, 0.29) is 0 Å². The number of aliphatic imine (C=N–C) groups is 1. The molecule has 2 aliphatic rings. The maximum absolute atomic E-state index is 6.38. The molecule has 1 aromatic carbocycles. The lowest BCUT2D eigenvalue weighted by Gasteiger charge is -2.17. The second-order valence-corrected chi connectivity index (χ2v) is 6.30. The first-order valence-corrected chi connectivity index (χ1v) is 7.87. The van der Waals surface area contributed by atoms with Crippen molar-refractivity contribution in [1.29, 1.82) is 0 Å². The number of nitrogens with zero attached hydrogens (tertiary/aromatic N) is 2. The normalized spacial score (nSPS) is 18.1. The Balaban J connectivity index is 1.90. The molecule has 2 aromatic rings. The second kappa shape index (κ2) is 4.57. The lowest BCUT2D eigenvalue weighted by Crippen LogP contribution is -2.20. The minimum atomic E-state index is 0.740. The van der Waals surface area contributed by atoms with Crippen molar-refractivity contribution in [1.82, 2.24) is 4.90 Å². The highest BCUT2D eigenvalue weighted by Gasteiger charge is 2.32. The number of furan rings is 1. The van der Waals surface area contributed by atoms with Crippen molar-refractivity contribution in [2.24, 2.45) is 4.99 Å². The summed E-state index contributed by atoms with van der Waals surface area (Å²) in [5.41, 5.74) is 3.20. The molecule has 0 atom stereocenters. The number of hydrogen-bond donors (Lipinski definition) is 0. The Bertz CT molecular complexity index is 762. The topological polar surface area (TPSA) is 28.7 Å². The molecule has 0 bridgehead atoms. The van der Waals surface area contributed by atoms with Gasteiger partial charge in [0.2, 0.25) is 0 Å². The number of halogens is 1. The molecule has 2 aliphatic heterocycles. The maximum atomic E-state index is 6.38. The number of allylic oxidation sites excluding steroid dienone is 1. The Hall–Kier alpha value is -1.39. The third-order valence-electron chi connectivity index (χ3n) is 3.67. The Kier molecular flexibility index (Phi) is 2.82. The van der Waals surface area contributed by atoms with Crippen LogP contribution in [0.1, 0.15) is 18.9 Å². The molecule has 3 heterocycles. The smallest absolute Gasteiger partial charge is 0.168 e. The third-order valence-corrected chi connectivity index (χ3v) is 5.24. The summed E-state index contributed by atoms with van der Waals surface area (Å²) >= 11 is 8.16. The molecule has 0 saturated heterocycles. The van der Waals surface area contributed by atoms with Gasteiger partial charge in [0, 0.05) is 22.4 Å². The first kappa shape index (κ1) is 12.4. The van der Waals surface area contributed by atoms with E-state index in [0.717, 1.165) is 46.2 Å². The summed E-state index contributed by atoms with van der Waals surface area (Å²) in [4.78, 5) is 8.20. The van der Waals surface area contributed by atoms with E-state index < -0.39 is 0 Å². The second-order valence-electron chi connectivity index (χ2n) is 4.83. The number of rotatable bonds is 2. The van der Waals surface area contributed by atoms with Gasteiger partial charge < -0.3 is 9.32 Å². The van der Waals surface area contributed by atoms with Crippen molar-refractivity contribution in [3.8, 4) is 0 Å². The van der Waals surface area contributed by atoms with E-state index in [0.29, 0.717) is 0 Å². The molecular weight excluding hydrogens is 292 g/mol. The van der Waals surface area contributed by atoms with Crippen LogP contribution in [0.25, 0.3) is 16.7 Å². The zero-order valence-corrected chi connectivity index (χ0v) is 12.6. The number of benzene rings is 1. The highest BCUT2D eigenvalue weighted by molar-refractivity contribution is 8.17. The molecule has 0 radical (unpaired) electrons. The molecule has 0 N–H and O–H groups in total. The van der Waals surface area contributed by atoms with Gasteiger partial charge in [0.05, 0.1) is 23.5 Å². The van der Waals surface area contributed by atoms with Gasteiger partial charge in [0.15, 0.2) is 5.17 Å². The monoisotopic (exact) mass is 304 g/mol. The molecule has 0 amide bonds. The summed E-state index contributed by atoms with van der Waals surface area (Å²) in [5, 5.41) is 2.83. The molecule has 4 rings (SSSR count). The molecule has 5 heteroatoms. The summed E-state index contributed by atoms with van der Waals surface area (Å²) in [6.07, 6.45) is 2.69. The molecule has 0 spiro atoms.